The van der Waals surface area contributed by atoms with Crippen molar-refractivity contribution < 1.29 is 35.1 Å². The van der Waals surface area contributed by atoms with Crippen molar-refractivity contribution in [3.63, 3.8) is 0 Å². The van der Waals surface area contributed by atoms with E-state index in [-0.39, 0.29) is 36.3 Å². The largest absolute Gasteiger partial charge is 0.417 e. The Hall–Kier alpha value is -1.73. The minimum atomic E-state index is -4.53. The minimum Gasteiger partial charge on any atom is -0.390 e. The molecular weight excluding hydrogens is 678 g/mol. The molecule has 0 spiro atoms. The Morgan fingerprint density at radius 3 is 2.38 bits per heavy atom. The van der Waals surface area contributed by atoms with Crippen LogP contribution in [-0.2, 0) is 45.7 Å². The second-order valence-electron chi connectivity index (χ2n) is 12.7. The van der Waals surface area contributed by atoms with Crippen molar-refractivity contribution in [1.29, 1.82) is 0 Å². The fourth-order valence-electron chi connectivity index (χ4n) is 6.57. The Labute approximate surface area is 280 Å². The van der Waals surface area contributed by atoms with E-state index in [4.69, 9.17) is 5.10 Å². The van der Waals surface area contributed by atoms with E-state index >= 15 is 0 Å². The number of benzene rings is 1. The van der Waals surface area contributed by atoms with Crippen LogP contribution < -0.4 is 4.72 Å². The van der Waals surface area contributed by atoms with Crippen molar-refractivity contribution in [2.75, 3.05) is 63.6 Å². The molecule has 3 aliphatic rings. The molecule has 17 heteroatoms. The van der Waals surface area contributed by atoms with Gasteiger partial charge >= 0.3 is 6.18 Å². The van der Waals surface area contributed by atoms with E-state index < -0.39 is 37.9 Å². The molecule has 0 aliphatic carbocycles. The summed E-state index contributed by atoms with van der Waals surface area (Å²) in [4.78, 5) is 4.44. The number of rotatable bonds is 13. The van der Waals surface area contributed by atoms with Crippen LogP contribution in [0.15, 0.2) is 23.1 Å². The van der Waals surface area contributed by atoms with Gasteiger partial charge in [-0.3, -0.25) is 4.68 Å². The molecule has 5 rings (SSSR count). The second-order valence-corrected chi connectivity index (χ2v) is 17.8. The zero-order valence-electron chi connectivity index (χ0n) is 26.9. The monoisotopic (exact) mass is 722 g/mol. The van der Waals surface area contributed by atoms with Gasteiger partial charge in [0, 0.05) is 66.1 Å². The fourth-order valence-corrected chi connectivity index (χ4v) is 9.39. The number of hydrogen-bond acceptors (Lipinski definition) is 9. The lowest BCUT2D eigenvalue weighted by atomic mass is 10.0. The Balaban J connectivity index is 1.36. The maximum atomic E-state index is 14.0. The summed E-state index contributed by atoms with van der Waals surface area (Å²) >= 11 is 1.17. The summed E-state index contributed by atoms with van der Waals surface area (Å²) in [6, 6.07) is 3.85. The zero-order valence-corrected chi connectivity index (χ0v) is 29.3. The number of nitrogens with zero attached hydrogens (tertiary/aromatic N) is 5. The summed E-state index contributed by atoms with van der Waals surface area (Å²) in [7, 11) is -6.83. The number of hydrogen-bond donors (Lipinski definition) is 2. The van der Waals surface area contributed by atoms with E-state index in [1.54, 1.807) is 11.6 Å². The molecule has 0 bridgehead atoms. The van der Waals surface area contributed by atoms with Gasteiger partial charge in [-0.25, -0.2) is 21.6 Å². The molecule has 1 unspecified atom stereocenters. The number of halogens is 3. The molecule has 1 atom stereocenters. The lowest BCUT2D eigenvalue weighted by Crippen LogP contribution is -2.47. The number of β-amino-alcohol motifs (C(OH)–C–C–N with tert-alkyl or cyclic N) is 1. The quantitative estimate of drug-likeness (QED) is 0.300. The van der Waals surface area contributed by atoms with Gasteiger partial charge in [0.2, 0.25) is 20.0 Å². The van der Waals surface area contributed by atoms with E-state index in [9.17, 15) is 35.1 Å². The van der Waals surface area contributed by atoms with Gasteiger partial charge in [-0.15, -0.1) is 11.8 Å². The third-order valence-electron chi connectivity index (χ3n) is 9.16. The number of alkyl halides is 3. The number of aliphatic hydroxyl groups is 1. The highest BCUT2D eigenvalue weighted by Gasteiger charge is 2.35. The summed E-state index contributed by atoms with van der Waals surface area (Å²) in [6.07, 6.45) is -0.419. The number of thioether (sulfide) groups is 1. The predicted octanol–water partition coefficient (Wildman–Crippen LogP) is 2.84. The highest BCUT2D eigenvalue weighted by atomic mass is 32.2. The van der Waals surface area contributed by atoms with Crippen LogP contribution in [0.1, 0.15) is 49.4 Å². The lowest BCUT2D eigenvalue weighted by molar-refractivity contribution is -0.139. The zero-order chi connectivity index (χ0) is 34.0. The number of aliphatic hydroxyl groups excluding tert-OH is 1. The summed E-state index contributed by atoms with van der Waals surface area (Å²) < 4.78 is 96.7. The number of fused-ring (bicyclic) bond motifs is 1. The van der Waals surface area contributed by atoms with Crippen molar-refractivity contribution in [2.45, 2.75) is 75.3 Å². The average Bonchev–Trinajstić information content (AvgIpc) is 3.65. The van der Waals surface area contributed by atoms with Crippen LogP contribution in [-0.4, -0.2) is 122 Å². The molecule has 2 fully saturated rings. The van der Waals surface area contributed by atoms with Crippen LogP contribution in [0.4, 0.5) is 13.2 Å². The van der Waals surface area contributed by atoms with Crippen LogP contribution in [0.5, 0.6) is 0 Å². The van der Waals surface area contributed by atoms with Crippen LogP contribution in [0.3, 0.4) is 0 Å². The molecule has 2 aromatic rings. The first-order chi connectivity index (χ1) is 22.1. The molecule has 0 amide bonds. The van der Waals surface area contributed by atoms with Crippen LogP contribution in [0.2, 0.25) is 0 Å². The van der Waals surface area contributed by atoms with Crippen molar-refractivity contribution in [3.05, 3.63) is 35.0 Å². The van der Waals surface area contributed by atoms with Gasteiger partial charge in [-0.1, -0.05) is 6.07 Å². The fraction of sp³-hybridized carbons (Fsp3) is 0.700. The van der Waals surface area contributed by atoms with Gasteiger partial charge in [0.15, 0.2) is 0 Å². The third-order valence-corrected chi connectivity index (χ3v) is 12.9. The summed E-state index contributed by atoms with van der Waals surface area (Å²) in [5.74, 6) is 0.532. The molecule has 0 radical (unpaired) electrons. The van der Waals surface area contributed by atoms with Gasteiger partial charge in [-0.05, 0) is 70.9 Å². The van der Waals surface area contributed by atoms with E-state index in [1.807, 2.05) is 0 Å². The topological polar surface area (TPSA) is 128 Å². The van der Waals surface area contributed by atoms with Crippen LogP contribution >= 0.6 is 11.8 Å². The van der Waals surface area contributed by atoms with Gasteiger partial charge in [-0.2, -0.15) is 22.6 Å². The number of aromatic nitrogens is 2. The second kappa shape index (κ2) is 15.0. The average molecular weight is 723 g/mol. The summed E-state index contributed by atoms with van der Waals surface area (Å²) in [5.41, 5.74) is 1.57. The Morgan fingerprint density at radius 2 is 1.74 bits per heavy atom. The minimum absolute atomic E-state index is 0.0232. The molecule has 2 N–H and O–H groups in total. The SMILES string of the molecule is CCS(=O)(=O)NC1CCN(CC(O)Cn2nc(-c3ccc(C(F)(F)F)c(SCCN4CCCC4)c3)c3c2CCN(S(C)(=O)=O)C3)CC1. The van der Waals surface area contributed by atoms with Gasteiger partial charge in [0.05, 0.1) is 35.9 Å². The first-order valence-electron chi connectivity index (χ1n) is 16.1. The molecule has 264 valence electrons. The van der Waals surface area contributed by atoms with Crippen molar-refractivity contribution in [2.24, 2.45) is 0 Å². The van der Waals surface area contributed by atoms with Crippen molar-refractivity contribution in [3.8, 4) is 11.3 Å². The third kappa shape index (κ3) is 9.50. The Kier molecular flexibility index (Phi) is 11.7. The molecule has 3 aliphatic heterocycles. The van der Waals surface area contributed by atoms with E-state index in [1.165, 1.54) is 28.2 Å². The summed E-state index contributed by atoms with van der Waals surface area (Å²) in [6.45, 7) is 6.17. The first kappa shape index (κ1) is 36.5. The number of nitrogens with one attached hydrogen (secondary N) is 1. The molecular formula is C30H45F3N6O5S3. The van der Waals surface area contributed by atoms with Crippen molar-refractivity contribution >= 4 is 31.8 Å². The highest BCUT2D eigenvalue weighted by Crippen LogP contribution is 2.40. The van der Waals surface area contributed by atoms with E-state index in [0.717, 1.165) is 43.9 Å². The number of piperidine rings is 1. The molecule has 1 aromatic heterocycles. The van der Waals surface area contributed by atoms with Gasteiger partial charge in [0.25, 0.3) is 0 Å². The molecule has 1 aromatic carbocycles. The normalized spacial score (nSPS) is 20.1. The molecule has 0 saturated carbocycles. The molecule has 4 heterocycles. The molecule has 47 heavy (non-hydrogen) atoms. The van der Waals surface area contributed by atoms with Crippen molar-refractivity contribution in [1.82, 2.24) is 28.6 Å². The molecule has 2 saturated heterocycles. The smallest absolute Gasteiger partial charge is 0.390 e. The summed E-state index contributed by atoms with van der Waals surface area (Å²) in [5, 5.41) is 15.9. The van der Waals surface area contributed by atoms with Crippen LogP contribution in [0, 0.1) is 0 Å². The first-order valence-corrected chi connectivity index (χ1v) is 20.6. The van der Waals surface area contributed by atoms with E-state index in [2.05, 4.69) is 14.5 Å². The Morgan fingerprint density at radius 1 is 1.04 bits per heavy atom. The number of likely N-dealkylation sites (tertiary alicyclic amines) is 2. The van der Waals surface area contributed by atoms with Crippen LogP contribution in [0.25, 0.3) is 11.3 Å². The number of sulfonamides is 2. The van der Waals surface area contributed by atoms with Gasteiger partial charge in [0.1, 0.15) is 0 Å². The van der Waals surface area contributed by atoms with Gasteiger partial charge < -0.3 is 14.9 Å². The lowest BCUT2D eigenvalue weighted by Gasteiger charge is -2.33. The highest BCUT2D eigenvalue weighted by molar-refractivity contribution is 7.99. The molecule has 11 nitrogen and oxygen atoms in total. The van der Waals surface area contributed by atoms with E-state index in [0.29, 0.717) is 68.0 Å². The maximum absolute atomic E-state index is 14.0. The standard InChI is InChI=1S/C30H45F3N6O5S3/c1-3-47(43,44)35-23-8-13-37(14-9-23)19-24(40)20-39-27-10-15-38(46(2,41)42)21-25(27)29(34-39)22-6-7-26(30(31,32)33)28(18-22)45-17-16-36-11-4-5-12-36/h6-7,18,23-24,35,40H,3-5,8-17,19-21H2,1-2H3. The maximum Gasteiger partial charge on any atom is 0.417 e. The predicted molar refractivity (Wildman–Crippen MR) is 176 cm³/mol. The Bertz CT molecular complexity index is 1610.